The molecule has 1 aromatic rings. The van der Waals surface area contributed by atoms with Gasteiger partial charge in [-0.25, -0.2) is 0 Å². The van der Waals surface area contributed by atoms with Gasteiger partial charge in [0.15, 0.2) is 11.5 Å². The monoisotopic (exact) mass is 285 g/mol. The second kappa shape index (κ2) is 9.55. The summed E-state index contributed by atoms with van der Waals surface area (Å²) in [6, 6.07) is 5.59. The fourth-order valence-electron chi connectivity index (χ4n) is 1.65. The van der Waals surface area contributed by atoms with Gasteiger partial charge < -0.3 is 29.7 Å². The van der Waals surface area contributed by atoms with Crippen LogP contribution in [0.3, 0.4) is 0 Å². The highest BCUT2D eigenvalue weighted by atomic mass is 16.5. The molecular weight excluding hydrogens is 262 g/mol. The van der Waals surface area contributed by atoms with Gasteiger partial charge in [-0.2, -0.15) is 0 Å². The standard InChI is InChI=1S/C14H23NO5/c1-18-7-6-15-8-11-4-3-5-13(19-2)14(11)20-10-12(17)9-16/h3-5,12,15-17H,6-10H2,1-2H3. The van der Waals surface area contributed by atoms with Crippen LogP contribution in [0.5, 0.6) is 11.5 Å². The van der Waals surface area contributed by atoms with Crippen LogP contribution in [-0.2, 0) is 11.3 Å². The number of benzene rings is 1. The van der Waals surface area contributed by atoms with Crippen molar-refractivity contribution in [2.75, 3.05) is 40.6 Å². The Balaban J connectivity index is 2.70. The third-order valence-electron chi connectivity index (χ3n) is 2.71. The second-order valence-corrected chi connectivity index (χ2v) is 4.27. The van der Waals surface area contributed by atoms with Crippen LogP contribution >= 0.6 is 0 Å². The van der Waals surface area contributed by atoms with E-state index in [1.165, 1.54) is 0 Å². The van der Waals surface area contributed by atoms with Gasteiger partial charge in [-0.3, -0.25) is 0 Å². The van der Waals surface area contributed by atoms with E-state index in [9.17, 15) is 5.11 Å². The summed E-state index contributed by atoms with van der Waals surface area (Å²) in [5, 5.41) is 21.4. The lowest BCUT2D eigenvalue weighted by molar-refractivity contribution is 0.0523. The van der Waals surface area contributed by atoms with Gasteiger partial charge in [0.25, 0.3) is 0 Å². The number of hydrogen-bond acceptors (Lipinski definition) is 6. The molecule has 0 aliphatic rings. The summed E-state index contributed by atoms with van der Waals surface area (Å²) in [4.78, 5) is 0. The first kappa shape index (κ1) is 16.7. The Morgan fingerprint density at radius 2 is 2.10 bits per heavy atom. The van der Waals surface area contributed by atoms with Crippen molar-refractivity contribution in [3.05, 3.63) is 23.8 Å². The van der Waals surface area contributed by atoms with Crippen LogP contribution in [0.25, 0.3) is 0 Å². The molecule has 1 aromatic carbocycles. The number of ether oxygens (including phenoxy) is 3. The molecule has 3 N–H and O–H groups in total. The van der Waals surface area contributed by atoms with Gasteiger partial charge in [-0.1, -0.05) is 12.1 Å². The van der Waals surface area contributed by atoms with Crippen LogP contribution in [0.4, 0.5) is 0 Å². The van der Waals surface area contributed by atoms with Crippen molar-refractivity contribution in [1.29, 1.82) is 0 Å². The molecular formula is C14H23NO5. The zero-order valence-electron chi connectivity index (χ0n) is 12.0. The van der Waals surface area contributed by atoms with Crippen LogP contribution in [0.1, 0.15) is 5.56 Å². The third kappa shape index (κ3) is 5.34. The van der Waals surface area contributed by atoms with Crippen molar-refractivity contribution in [1.82, 2.24) is 5.32 Å². The van der Waals surface area contributed by atoms with E-state index in [0.29, 0.717) is 24.7 Å². The van der Waals surface area contributed by atoms with Gasteiger partial charge in [-0.05, 0) is 6.07 Å². The zero-order chi connectivity index (χ0) is 14.8. The van der Waals surface area contributed by atoms with E-state index >= 15 is 0 Å². The topological polar surface area (TPSA) is 80.2 Å². The molecule has 1 unspecified atom stereocenters. The summed E-state index contributed by atoms with van der Waals surface area (Å²) in [5.74, 6) is 1.17. The first-order chi connectivity index (χ1) is 9.72. The van der Waals surface area contributed by atoms with Crippen molar-refractivity contribution in [2.45, 2.75) is 12.6 Å². The molecule has 6 heteroatoms. The molecule has 20 heavy (non-hydrogen) atoms. The maximum atomic E-state index is 9.37. The van der Waals surface area contributed by atoms with Crippen LogP contribution in [-0.4, -0.2) is 56.9 Å². The highest BCUT2D eigenvalue weighted by Crippen LogP contribution is 2.31. The number of rotatable bonds is 10. The number of aliphatic hydroxyl groups is 2. The fourth-order valence-corrected chi connectivity index (χ4v) is 1.65. The normalized spacial score (nSPS) is 12.2. The smallest absolute Gasteiger partial charge is 0.165 e. The Morgan fingerprint density at radius 3 is 2.75 bits per heavy atom. The minimum atomic E-state index is -0.908. The van der Waals surface area contributed by atoms with Gasteiger partial charge in [-0.15, -0.1) is 0 Å². The van der Waals surface area contributed by atoms with Crippen molar-refractivity contribution < 1.29 is 24.4 Å². The predicted molar refractivity (Wildman–Crippen MR) is 75.2 cm³/mol. The van der Waals surface area contributed by atoms with E-state index in [1.807, 2.05) is 12.1 Å². The highest BCUT2D eigenvalue weighted by molar-refractivity contribution is 5.46. The molecule has 0 radical (unpaired) electrons. The Labute approximate surface area is 119 Å². The molecule has 6 nitrogen and oxygen atoms in total. The minimum Gasteiger partial charge on any atom is -0.493 e. The molecule has 0 heterocycles. The fraction of sp³-hybridized carbons (Fsp3) is 0.571. The largest absolute Gasteiger partial charge is 0.493 e. The van der Waals surface area contributed by atoms with Crippen molar-refractivity contribution >= 4 is 0 Å². The molecule has 0 aliphatic carbocycles. The molecule has 1 atom stereocenters. The Hall–Kier alpha value is -1.34. The maximum absolute atomic E-state index is 9.37. The molecule has 114 valence electrons. The molecule has 0 aliphatic heterocycles. The lowest BCUT2D eigenvalue weighted by Crippen LogP contribution is -2.23. The van der Waals surface area contributed by atoms with E-state index in [-0.39, 0.29) is 13.2 Å². The van der Waals surface area contributed by atoms with Gasteiger partial charge in [0.05, 0.1) is 20.3 Å². The van der Waals surface area contributed by atoms with E-state index in [2.05, 4.69) is 5.32 Å². The first-order valence-electron chi connectivity index (χ1n) is 6.50. The Kier molecular flexibility index (Phi) is 7.98. The number of methoxy groups -OCH3 is 2. The number of hydrogen-bond donors (Lipinski definition) is 3. The van der Waals surface area contributed by atoms with Gasteiger partial charge >= 0.3 is 0 Å². The number of aliphatic hydroxyl groups excluding tert-OH is 2. The molecule has 0 amide bonds. The second-order valence-electron chi connectivity index (χ2n) is 4.27. The molecule has 0 aromatic heterocycles. The van der Waals surface area contributed by atoms with Crippen LogP contribution in [0.15, 0.2) is 18.2 Å². The van der Waals surface area contributed by atoms with Gasteiger partial charge in [0, 0.05) is 25.8 Å². The molecule has 0 fully saturated rings. The van der Waals surface area contributed by atoms with E-state index in [4.69, 9.17) is 19.3 Å². The van der Waals surface area contributed by atoms with Crippen LogP contribution in [0, 0.1) is 0 Å². The number of para-hydroxylation sites is 1. The van der Waals surface area contributed by atoms with E-state index in [0.717, 1.165) is 12.1 Å². The molecule has 0 saturated heterocycles. The molecule has 0 saturated carbocycles. The van der Waals surface area contributed by atoms with E-state index < -0.39 is 6.10 Å². The zero-order valence-corrected chi connectivity index (χ0v) is 12.0. The van der Waals surface area contributed by atoms with Crippen LogP contribution < -0.4 is 14.8 Å². The van der Waals surface area contributed by atoms with Crippen molar-refractivity contribution in [3.8, 4) is 11.5 Å². The Bertz CT molecular complexity index is 386. The molecule has 0 spiro atoms. The quantitative estimate of drug-likeness (QED) is 0.532. The highest BCUT2D eigenvalue weighted by Gasteiger charge is 2.12. The van der Waals surface area contributed by atoms with Crippen LogP contribution in [0.2, 0.25) is 0 Å². The van der Waals surface area contributed by atoms with E-state index in [1.54, 1.807) is 20.3 Å². The van der Waals surface area contributed by atoms with Gasteiger partial charge in [0.2, 0.25) is 0 Å². The summed E-state index contributed by atoms with van der Waals surface area (Å²) in [6.07, 6.45) is -0.908. The summed E-state index contributed by atoms with van der Waals surface area (Å²) in [5.41, 5.74) is 0.922. The van der Waals surface area contributed by atoms with Crippen molar-refractivity contribution in [3.63, 3.8) is 0 Å². The minimum absolute atomic E-state index is 0.0158. The SMILES string of the molecule is COCCNCc1cccc(OC)c1OCC(O)CO. The molecule has 0 bridgehead atoms. The average Bonchev–Trinajstić information content (AvgIpc) is 2.49. The lowest BCUT2D eigenvalue weighted by Gasteiger charge is -2.17. The summed E-state index contributed by atoms with van der Waals surface area (Å²) >= 11 is 0. The Morgan fingerprint density at radius 1 is 1.30 bits per heavy atom. The number of nitrogens with one attached hydrogen (secondary N) is 1. The van der Waals surface area contributed by atoms with Crippen molar-refractivity contribution in [2.24, 2.45) is 0 Å². The summed E-state index contributed by atoms with van der Waals surface area (Å²) in [7, 11) is 3.21. The third-order valence-corrected chi connectivity index (χ3v) is 2.71. The van der Waals surface area contributed by atoms with Gasteiger partial charge in [0.1, 0.15) is 12.7 Å². The molecule has 1 rings (SSSR count). The maximum Gasteiger partial charge on any atom is 0.165 e. The average molecular weight is 285 g/mol. The lowest BCUT2D eigenvalue weighted by atomic mass is 10.2. The predicted octanol–water partition coefficient (Wildman–Crippen LogP) is 0.163. The summed E-state index contributed by atoms with van der Waals surface area (Å²) < 4.78 is 15.8. The first-order valence-corrected chi connectivity index (χ1v) is 6.50. The summed E-state index contributed by atoms with van der Waals surface area (Å²) in [6.45, 7) is 1.64.